The zero-order chi connectivity index (χ0) is 16.2. The third-order valence-corrected chi connectivity index (χ3v) is 2.99. The molecule has 22 heavy (non-hydrogen) atoms. The maximum Gasteiger partial charge on any atom is 0.407 e. The molecule has 6 heteroatoms. The molecule has 0 aliphatic carbocycles. The lowest BCUT2D eigenvalue weighted by atomic mass is 10.1. The van der Waals surface area contributed by atoms with E-state index in [1.807, 2.05) is 39.1 Å². The molecule has 6 nitrogen and oxygen atoms in total. The number of hydrogen-bond acceptors (Lipinski definition) is 4. The molecule has 0 unspecified atom stereocenters. The third kappa shape index (κ3) is 4.87. The van der Waals surface area contributed by atoms with Gasteiger partial charge in [-0.1, -0.05) is 29.5 Å². The average Bonchev–Trinajstić information content (AvgIpc) is 2.85. The first-order chi connectivity index (χ1) is 10.3. The number of amides is 1. The molecule has 0 saturated heterocycles. The van der Waals surface area contributed by atoms with Crippen LogP contribution in [0.3, 0.4) is 0 Å². The fourth-order valence-corrected chi connectivity index (χ4v) is 1.94. The van der Waals surface area contributed by atoms with Gasteiger partial charge in [0.25, 0.3) is 0 Å². The SMILES string of the molecule is Cc1ccccc1Cn1cc(CNC(=O)OC(C)(C)C)nn1. The standard InChI is InChI=1S/C16H22N4O2/c1-12-7-5-6-8-13(12)10-20-11-14(18-19-20)9-17-15(21)22-16(2,3)4/h5-8,11H,9-10H2,1-4H3,(H,17,21). The summed E-state index contributed by atoms with van der Waals surface area (Å²) in [6.45, 7) is 8.49. The monoisotopic (exact) mass is 302 g/mol. The Bertz CT molecular complexity index is 644. The molecule has 0 aliphatic heterocycles. The van der Waals surface area contributed by atoms with Gasteiger partial charge < -0.3 is 10.1 Å². The number of carbonyl (C=O) groups excluding carboxylic acids is 1. The van der Waals surface area contributed by atoms with E-state index < -0.39 is 11.7 Å². The summed E-state index contributed by atoms with van der Waals surface area (Å²) in [5.41, 5.74) is 2.59. The molecule has 1 N–H and O–H groups in total. The van der Waals surface area contributed by atoms with Crippen LogP contribution in [-0.4, -0.2) is 26.7 Å². The normalized spacial score (nSPS) is 11.3. The van der Waals surface area contributed by atoms with Crippen molar-refractivity contribution in [3.63, 3.8) is 0 Å². The van der Waals surface area contributed by atoms with E-state index in [1.54, 1.807) is 4.68 Å². The van der Waals surface area contributed by atoms with E-state index >= 15 is 0 Å². The molecule has 0 atom stereocenters. The molecule has 1 aromatic carbocycles. The molecular weight excluding hydrogens is 280 g/mol. The van der Waals surface area contributed by atoms with Crippen molar-refractivity contribution in [3.8, 4) is 0 Å². The molecule has 2 aromatic rings. The van der Waals surface area contributed by atoms with Gasteiger partial charge >= 0.3 is 6.09 Å². The number of aromatic nitrogens is 3. The van der Waals surface area contributed by atoms with E-state index in [0.29, 0.717) is 18.8 Å². The van der Waals surface area contributed by atoms with Crippen LogP contribution >= 0.6 is 0 Å². The van der Waals surface area contributed by atoms with Crippen LogP contribution in [0.5, 0.6) is 0 Å². The Morgan fingerprint density at radius 2 is 2.05 bits per heavy atom. The summed E-state index contributed by atoms with van der Waals surface area (Å²) in [4.78, 5) is 11.6. The molecule has 1 heterocycles. The van der Waals surface area contributed by atoms with Crippen LogP contribution < -0.4 is 5.32 Å². The highest BCUT2D eigenvalue weighted by molar-refractivity contribution is 5.67. The van der Waals surface area contributed by atoms with Gasteiger partial charge in [0.1, 0.15) is 11.3 Å². The Labute approximate surface area is 130 Å². The van der Waals surface area contributed by atoms with Crippen LogP contribution in [0, 0.1) is 6.92 Å². The van der Waals surface area contributed by atoms with Crippen LogP contribution in [0.25, 0.3) is 0 Å². The molecule has 0 bridgehead atoms. The third-order valence-electron chi connectivity index (χ3n) is 2.99. The molecule has 0 spiro atoms. The van der Waals surface area contributed by atoms with Gasteiger partial charge in [-0.15, -0.1) is 5.10 Å². The predicted molar refractivity (Wildman–Crippen MR) is 83.4 cm³/mol. The van der Waals surface area contributed by atoms with Gasteiger partial charge in [0.15, 0.2) is 0 Å². The van der Waals surface area contributed by atoms with E-state index in [9.17, 15) is 4.79 Å². The largest absolute Gasteiger partial charge is 0.444 e. The number of nitrogens with one attached hydrogen (secondary N) is 1. The first-order valence-corrected chi connectivity index (χ1v) is 7.24. The smallest absolute Gasteiger partial charge is 0.407 e. The fraction of sp³-hybridized carbons (Fsp3) is 0.438. The summed E-state index contributed by atoms with van der Waals surface area (Å²) in [6, 6.07) is 8.15. The zero-order valence-corrected chi connectivity index (χ0v) is 13.5. The second-order valence-electron chi connectivity index (χ2n) is 6.19. The van der Waals surface area contributed by atoms with Crippen molar-refractivity contribution in [2.75, 3.05) is 0 Å². The van der Waals surface area contributed by atoms with Gasteiger partial charge in [-0.25, -0.2) is 9.48 Å². The van der Waals surface area contributed by atoms with Gasteiger partial charge in [-0.3, -0.25) is 0 Å². The topological polar surface area (TPSA) is 69.0 Å². The summed E-state index contributed by atoms with van der Waals surface area (Å²) in [5, 5.41) is 10.8. The molecule has 2 rings (SSSR count). The van der Waals surface area contributed by atoms with Crippen LogP contribution in [0.4, 0.5) is 4.79 Å². The number of hydrogen-bond donors (Lipinski definition) is 1. The van der Waals surface area contributed by atoms with Crippen molar-refractivity contribution in [2.24, 2.45) is 0 Å². The van der Waals surface area contributed by atoms with E-state index in [-0.39, 0.29) is 0 Å². The second-order valence-corrected chi connectivity index (χ2v) is 6.19. The van der Waals surface area contributed by atoms with Gasteiger partial charge in [0.2, 0.25) is 0 Å². The van der Waals surface area contributed by atoms with Crippen molar-refractivity contribution in [1.82, 2.24) is 20.3 Å². The van der Waals surface area contributed by atoms with Crippen LogP contribution in [0.1, 0.15) is 37.6 Å². The summed E-state index contributed by atoms with van der Waals surface area (Å²) >= 11 is 0. The maximum absolute atomic E-state index is 11.6. The van der Waals surface area contributed by atoms with Crippen molar-refractivity contribution < 1.29 is 9.53 Å². The minimum Gasteiger partial charge on any atom is -0.444 e. The number of nitrogens with zero attached hydrogens (tertiary/aromatic N) is 3. The first-order valence-electron chi connectivity index (χ1n) is 7.24. The molecule has 0 fully saturated rings. The Morgan fingerprint density at radius 3 is 2.73 bits per heavy atom. The van der Waals surface area contributed by atoms with Crippen molar-refractivity contribution in [2.45, 2.75) is 46.4 Å². The Hall–Kier alpha value is -2.37. The number of benzene rings is 1. The quantitative estimate of drug-likeness (QED) is 0.942. The number of carbonyl (C=O) groups is 1. The van der Waals surface area contributed by atoms with Gasteiger partial charge in [0, 0.05) is 0 Å². The molecular formula is C16H22N4O2. The Kier molecular flexibility index (Phi) is 4.80. The molecule has 0 saturated carbocycles. The van der Waals surface area contributed by atoms with Crippen LogP contribution in [0.15, 0.2) is 30.5 Å². The number of alkyl carbamates (subject to hydrolysis) is 1. The van der Waals surface area contributed by atoms with Gasteiger partial charge in [-0.2, -0.15) is 0 Å². The van der Waals surface area contributed by atoms with Gasteiger partial charge in [-0.05, 0) is 38.8 Å². The lowest BCUT2D eigenvalue weighted by molar-refractivity contribution is 0.0523. The second kappa shape index (κ2) is 6.60. The van der Waals surface area contributed by atoms with Crippen molar-refractivity contribution >= 4 is 6.09 Å². The maximum atomic E-state index is 11.6. The zero-order valence-electron chi connectivity index (χ0n) is 13.5. The average molecular weight is 302 g/mol. The van der Waals surface area contributed by atoms with E-state index in [4.69, 9.17) is 4.74 Å². The number of aryl methyl sites for hydroxylation is 1. The lowest BCUT2D eigenvalue weighted by Gasteiger charge is -2.19. The Morgan fingerprint density at radius 1 is 1.32 bits per heavy atom. The summed E-state index contributed by atoms with van der Waals surface area (Å²) in [6.07, 6.45) is 1.37. The van der Waals surface area contributed by atoms with E-state index in [1.165, 1.54) is 11.1 Å². The first kappa shape index (κ1) is 16.0. The predicted octanol–water partition coefficient (Wildman–Crippen LogP) is 2.66. The van der Waals surface area contributed by atoms with E-state index in [0.717, 1.165) is 0 Å². The van der Waals surface area contributed by atoms with Crippen molar-refractivity contribution in [3.05, 3.63) is 47.3 Å². The summed E-state index contributed by atoms with van der Waals surface area (Å²) < 4.78 is 6.93. The minimum atomic E-state index is -0.507. The lowest BCUT2D eigenvalue weighted by Crippen LogP contribution is -2.32. The molecule has 0 aliphatic rings. The number of rotatable bonds is 4. The van der Waals surface area contributed by atoms with Gasteiger partial charge in [0.05, 0.1) is 19.3 Å². The van der Waals surface area contributed by atoms with E-state index in [2.05, 4.69) is 34.7 Å². The van der Waals surface area contributed by atoms with Crippen molar-refractivity contribution in [1.29, 1.82) is 0 Å². The molecule has 0 radical (unpaired) electrons. The number of ether oxygens (including phenoxy) is 1. The van der Waals surface area contributed by atoms with Crippen LogP contribution in [0.2, 0.25) is 0 Å². The van der Waals surface area contributed by atoms with Crippen LogP contribution in [-0.2, 0) is 17.8 Å². The fourth-order valence-electron chi connectivity index (χ4n) is 1.94. The molecule has 1 amide bonds. The molecule has 118 valence electrons. The summed E-state index contributed by atoms with van der Waals surface area (Å²) in [5.74, 6) is 0. The minimum absolute atomic E-state index is 0.294. The molecule has 1 aromatic heterocycles. The summed E-state index contributed by atoms with van der Waals surface area (Å²) in [7, 11) is 0. The highest BCUT2D eigenvalue weighted by atomic mass is 16.6. The Balaban J connectivity index is 1.89. The highest BCUT2D eigenvalue weighted by Gasteiger charge is 2.16. The highest BCUT2D eigenvalue weighted by Crippen LogP contribution is 2.09.